The number of rotatable bonds is 2. The summed E-state index contributed by atoms with van der Waals surface area (Å²) in [6.07, 6.45) is 1.89. The second kappa shape index (κ2) is 3.86. The second-order valence-electron chi connectivity index (χ2n) is 2.97. The van der Waals surface area contributed by atoms with Crippen molar-refractivity contribution < 1.29 is 9.63 Å². The number of phenolic OH excluding ortho intramolecular Hbond substituents is 1. The second-order valence-corrected chi connectivity index (χ2v) is 3.79. The molecule has 15 heavy (non-hydrogen) atoms. The number of nitrogens with zero attached hydrogens (tertiary/aromatic N) is 1. The summed E-state index contributed by atoms with van der Waals surface area (Å²) in [6, 6.07) is 6.87. The van der Waals surface area contributed by atoms with E-state index in [1.54, 1.807) is 18.2 Å². The van der Waals surface area contributed by atoms with Crippen LogP contribution in [0.15, 0.2) is 33.7 Å². The van der Waals surface area contributed by atoms with E-state index in [1.807, 2.05) is 12.3 Å². The number of anilines is 1. The molecule has 78 valence electrons. The van der Waals surface area contributed by atoms with Crippen LogP contribution in [0.5, 0.6) is 5.75 Å². The van der Waals surface area contributed by atoms with Gasteiger partial charge in [-0.3, -0.25) is 0 Å². The van der Waals surface area contributed by atoms with Crippen molar-refractivity contribution >= 4 is 17.6 Å². The fourth-order valence-electron chi connectivity index (χ4n) is 1.35. The molecule has 0 amide bonds. The highest BCUT2D eigenvalue weighted by molar-refractivity contribution is 7.98. The Morgan fingerprint density at radius 2 is 2.27 bits per heavy atom. The van der Waals surface area contributed by atoms with Crippen molar-refractivity contribution in [2.75, 3.05) is 12.0 Å². The van der Waals surface area contributed by atoms with E-state index in [9.17, 15) is 5.11 Å². The van der Waals surface area contributed by atoms with Crippen LogP contribution in [0.4, 0.5) is 5.82 Å². The molecule has 0 atom stereocenters. The molecular weight excluding hydrogens is 212 g/mol. The van der Waals surface area contributed by atoms with Crippen molar-refractivity contribution in [2.24, 2.45) is 0 Å². The summed E-state index contributed by atoms with van der Waals surface area (Å²) < 4.78 is 5.05. The number of nitrogen functional groups attached to an aromatic ring is 1. The molecule has 2 rings (SSSR count). The van der Waals surface area contributed by atoms with E-state index in [-0.39, 0.29) is 5.75 Å². The molecule has 0 saturated carbocycles. The topological polar surface area (TPSA) is 72.3 Å². The Morgan fingerprint density at radius 3 is 2.87 bits per heavy atom. The lowest BCUT2D eigenvalue weighted by molar-refractivity contribution is 0.432. The summed E-state index contributed by atoms with van der Waals surface area (Å²) in [4.78, 5) is 0.758. The fraction of sp³-hybridized carbons (Fsp3) is 0.100. The van der Waals surface area contributed by atoms with Gasteiger partial charge in [-0.05, 0) is 18.4 Å². The summed E-state index contributed by atoms with van der Waals surface area (Å²) in [7, 11) is 0. The van der Waals surface area contributed by atoms with Crippen LogP contribution in [0.3, 0.4) is 0 Å². The SMILES string of the molecule is CSc1c(O)cccc1-c1cc(N)no1. The van der Waals surface area contributed by atoms with Gasteiger partial charge in [-0.1, -0.05) is 11.2 Å². The van der Waals surface area contributed by atoms with Crippen molar-refractivity contribution in [3.63, 3.8) is 0 Å². The fourth-order valence-corrected chi connectivity index (χ4v) is 2.01. The molecule has 2 aromatic rings. The average Bonchev–Trinajstić information content (AvgIpc) is 2.64. The number of phenols is 1. The smallest absolute Gasteiger partial charge is 0.170 e. The summed E-state index contributed by atoms with van der Waals surface area (Å²) in [5.74, 6) is 1.13. The first-order chi connectivity index (χ1) is 7.22. The number of hydrogen-bond donors (Lipinski definition) is 2. The molecule has 0 fully saturated rings. The Bertz CT molecular complexity index is 482. The average molecular weight is 222 g/mol. The maximum Gasteiger partial charge on any atom is 0.170 e. The first kappa shape index (κ1) is 9.92. The van der Waals surface area contributed by atoms with E-state index in [4.69, 9.17) is 10.3 Å². The zero-order valence-corrected chi connectivity index (χ0v) is 8.91. The summed E-state index contributed by atoms with van der Waals surface area (Å²) in [6.45, 7) is 0. The summed E-state index contributed by atoms with van der Waals surface area (Å²) in [5, 5.41) is 13.3. The van der Waals surface area contributed by atoms with Crippen molar-refractivity contribution in [3.8, 4) is 17.1 Å². The molecule has 0 radical (unpaired) electrons. The standard InChI is InChI=1S/C10H10N2O2S/c1-15-10-6(3-2-4-7(10)13)8-5-9(11)12-14-8/h2-5,13H,1H3,(H2,11,12). The predicted molar refractivity (Wildman–Crippen MR) is 59.8 cm³/mol. The zero-order chi connectivity index (χ0) is 10.8. The lowest BCUT2D eigenvalue weighted by Crippen LogP contribution is -1.81. The third-order valence-electron chi connectivity index (χ3n) is 1.99. The first-order valence-electron chi connectivity index (χ1n) is 4.31. The van der Waals surface area contributed by atoms with Crippen LogP contribution in [0, 0.1) is 0 Å². The van der Waals surface area contributed by atoms with Gasteiger partial charge in [0, 0.05) is 11.6 Å². The third-order valence-corrected chi connectivity index (χ3v) is 2.83. The highest BCUT2D eigenvalue weighted by atomic mass is 32.2. The highest BCUT2D eigenvalue weighted by Crippen LogP contribution is 2.37. The minimum atomic E-state index is 0.231. The molecule has 4 nitrogen and oxygen atoms in total. The number of hydrogen-bond acceptors (Lipinski definition) is 5. The molecular formula is C10H10N2O2S. The van der Waals surface area contributed by atoms with Gasteiger partial charge >= 0.3 is 0 Å². The number of thioether (sulfide) groups is 1. The van der Waals surface area contributed by atoms with Crippen molar-refractivity contribution in [3.05, 3.63) is 24.3 Å². The molecule has 0 aliphatic carbocycles. The summed E-state index contributed by atoms with van der Waals surface area (Å²) in [5.41, 5.74) is 6.27. The van der Waals surface area contributed by atoms with Gasteiger partial charge in [0.15, 0.2) is 11.6 Å². The molecule has 0 unspecified atom stereocenters. The minimum Gasteiger partial charge on any atom is -0.507 e. The zero-order valence-electron chi connectivity index (χ0n) is 8.10. The maximum atomic E-state index is 9.65. The molecule has 1 aromatic carbocycles. The van der Waals surface area contributed by atoms with Gasteiger partial charge in [0.1, 0.15) is 5.75 Å². The number of aromatic hydroxyl groups is 1. The van der Waals surface area contributed by atoms with Crippen LogP contribution in [0.25, 0.3) is 11.3 Å². The lowest BCUT2D eigenvalue weighted by Gasteiger charge is -2.05. The van der Waals surface area contributed by atoms with E-state index in [0.29, 0.717) is 11.6 Å². The largest absolute Gasteiger partial charge is 0.507 e. The number of aromatic nitrogens is 1. The van der Waals surface area contributed by atoms with E-state index in [2.05, 4.69) is 5.16 Å². The third kappa shape index (κ3) is 1.78. The quantitative estimate of drug-likeness (QED) is 0.763. The van der Waals surface area contributed by atoms with Gasteiger partial charge in [-0.15, -0.1) is 11.8 Å². The molecule has 0 bridgehead atoms. The molecule has 0 aliphatic heterocycles. The minimum absolute atomic E-state index is 0.231. The normalized spacial score (nSPS) is 10.5. The van der Waals surface area contributed by atoms with Gasteiger partial charge in [0.25, 0.3) is 0 Å². The molecule has 1 heterocycles. The molecule has 0 saturated heterocycles. The van der Waals surface area contributed by atoms with Gasteiger partial charge in [0.2, 0.25) is 0 Å². The Morgan fingerprint density at radius 1 is 1.47 bits per heavy atom. The van der Waals surface area contributed by atoms with Crippen LogP contribution in [0.2, 0.25) is 0 Å². The number of nitrogens with two attached hydrogens (primary N) is 1. The maximum absolute atomic E-state index is 9.65. The lowest BCUT2D eigenvalue weighted by atomic mass is 10.1. The van der Waals surface area contributed by atoms with E-state index < -0.39 is 0 Å². The molecule has 0 aliphatic rings. The van der Waals surface area contributed by atoms with Crippen LogP contribution in [-0.4, -0.2) is 16.5 Å². The predicted octanol–water partition coefficient (Wildman–Crippen LogP) is 2.35. The van der Waals surface area contributed by atoms with Gasteiger partial charge < -0.3 is 15.4 Å². The molecule has 1 aromatic heterocycles. The highest BCUT2D eigenvalue weighted by Gasteiger charge is 2.12. The molecule has 0 spiro atoms. The molecule has 5 heteroatoms. The van der Waals surface area contributed by atoms with Gasteiger partial charge in [-0.2, -0.15) is 0 Å². The van der Waals surface area contributed by atoms with Crippen molar-refractivity contribution in [2.45, 2.75) is 4.90 Å². The van der Waals surface area contributed by atoms with Crippen LogP contribution in [0.1, 0.15) is 0 Å². The molecule has 3 N–H and O–H groups in total. The Labute approximate surface area is 91.1 Å². The van der Waals surface area contributed by atoms with Crippen molar-refractivity contribution in [1.29, 1.82) is 0 Å². The Balaban J connectivity index is 2.57. The first-order valence-corrected chi connectivity index (χ1v) is 5.53. The Hall–Kier alpha value is -1.62. The van der Waals surface area contributed by atoms with Crippen LogP contribution in [-0.2, 0) is 0 Å². The van der Waals surface area contributed by atoms with Gasteiger partial charge in [0.05, 0.1) is 4.90 Å². The summed E-state index contributed by atoms with van der Waals surface area (Å²) >= 11 is 1.45. The van der Waals surface area contributed by atoms with Crippen LogP contribution >= 0.6 is 11.8 Å². The van der Waals surface area contributed by atoms with Crippen molar-refractivity contribution in [1.82, 2.24) is 5.16 Å². The van der Waals surface area contributed by atoms with E-state index in [1.165, 1.54) is 11.8 Å². The monoisotopic (exact) mass is 222 g/mol. The van der Waals surface area contributed by atoms with E-state index in [0.717, 1.165) is 10.5 Å². The Kier molecular flexibility index (Phi) is 2.55. The number of benzene rings is 1. The van der Waals surface area contributed by atoms with Crippen LogP contribution < -0.4 is 5.73 Å². The van der Waals surface area contributed by atoms with E-state index >= 15 is 0 Å². The van der Waals surface area contributed by atoms with Gasteiger partial charge in [-0.25, -0.2) is 0 Å².